The Balaban J connectivity index is 1.51. The number of hydrogen-bond acceptors (Lipinski definition) is 7. The molecule has 170 valence electrons. The summed E-state index contributed by atoms with van der Waals surface area (Å²) < 4.78 is 0. The zero-order valence-electron chi connectivity index (χ0n) is 17.6. The molecule has 3 aromatic carbocycles. The van der Waals surface area contributed by atoms with Gasteiger partial charge in [0.1, 0.15) is 5.25 Å². The summed E-state index contributed by atoms with van der Waals surface area (Å²) in [5.74, 6) is -0.593. The van der Waals surface area contributed by atoms with Crippen molar-refractivity contribution >= 4 is 51.4 Å². The fourth-order valence-electron chi connectivity index (χ4n) is 3.08. The number of non-ortho nitro benzene ring substituents is 1. The first-order valence-electron chi connectivity index (χ1n) is 10.1. The molecule has 0 aliphatic carbocycles. The number of nitrogens with zero attached hydrogens (tertiary/aromatic N) is 2. The van der Waals surface area contributed by atoms with Gasteiger partial charge >= 0.3 is 0 Å². The smallest absolute Gasteiger partial charge is 0.269 e. The Bertz CT molecular complexity index is 1300. The number of nitrogens with one attached hydrogen (secondary N) is 2. The van der Waals surface area contributed by atoms with E-state index in [4.69, 9.17) is 0 Å². The van der Waals surface area contributed by atoms with Crippen molar-refractivity contribution in [3.05, 3.63) is 112 Å². The van der Waals surface area contributed by atoms with Gasteiger partial charge in [-0.2, -0.15) is 0 Å². The second kappa shape index (κ2) is 10.7. The molecule has 2 amide bonds. The van der Waals surface area contributed by atoms with E-state index in [1.54, 1.807) is 29.8 Å². The molecule has 0 saturated carbocycles. The van der Waals surface area contributed by atoms with Gasteiger partial charge in [-0.1, -0.05) is 36.4 Å². The van der Waals surface area contributed by atoms with Crippen LogP contribution in [-0.4, -0.2) is 21.7 Å². The lowest BCUT2D eigenvalue weighted by Crippen LogP contribution is -2.19. The molecule has 8 nitrogen and oxygen atoms in total. The molecular weight excluding hydrogens is 472 g/mol. The lowest BCUT2D eigenvalue weighted by Gasteiger charge is -2.17. The lowest BCUT2D eigenvalue weighted by molar-refractivity contribution is -0.384. The number of anilines is 2. The maximum Gasteiger partial charge on any atom is 0.269 e. The van der Waals surface area contributed by atoms with Crippen LogP contribution in [0.2, 0.25) is 0 Å². The largest absolute Gasteiger partial charge is 0.322 e. The predicted octanol–water partition coefficient (Wildman–Crippen LogP) is 5.78. The minimum atomic E-state index is -0.536. The van der Waals surface area contributed by atoms with Crippen molar-refractivity contribution in [1.29, 1.82) is 0 Å². The standard InChI is InChI=1S/C24H18N4O4S2/c29-22(17-9-11-19(12-10-17)28(31)32)26-18-7-4-8-20(15-18)34-21(16-5-2-1-3-6-16)23(30)27-24-25-13-14-33-24/h1-15,21H,(H,26,29)(H,25,27,30). The quantitative estimate of drug-likeness (QED) is 0.184. The average Bonchev–Trinajstić information content (AvgIpc) is 3.36. The number of amides is 2. The van der Waals surface area contributed by atoms with E-state index in [0.717, 1.165) is 10.5 Å². The molecule has 0 radical (unpaired) electrons. The molecule has 0 spiro atoms. The predicted molar refractivity (Wildman–Crippen MR) is 133 cm³/mol. The highest BCUT2D eigenvalue weighted by molar-refractivity contribution is 8.00. The van der Waals surface area contributed by atoms with Gasteiger partial charge in [0.05, 0.1) is 4.92 Å². The number of benzene rings is 3. The summed E-state index contributed by atoms with van der Waals surface area (Å²) in [6.07, 6.45) is 1.63. The summed E-state index contributed by atoms with van der Waals surface area (Å²) in [6, 6.07) is 22.0. The number of carbonyl (C=O) groups is 2. The molecule has 0 aliphatic heterocycles. The Morgan fingerprint density at radius 3 is 2.41 bits per heavy atom. The van der Waals surface area contributed by atoms with E-state index in [0.29, 0.717) is 16.4 Å². The molecule has 34 heavy (non-hydrogen) atoms. The number of thioether (sulfide) groups is 1. The van der Waals surface area contributed by atoms with Gasteiger partial charge in [0, 0.05) is 39.9 Å². The molecular formula is C24H18N4O4S2. The third-order valence-corrected chi connectivity index (χ3v) is 6.63. The van der Waals surface area contributed by atoms with E-state index in [2.05, 4.69) is 15.6 Å². The summed E-state index contributed by atoms with van der Waals surface area (Å²) in [7, 11) is 0. The van der Waals surface area contributed by atoms with E-state index in [9.17, 15) is 19.7 Å². The van der Waals surface area contributed by atoms with Crippen molar-refractivity contribution in [2.45, 2.75) is 10.1 Å². The number of hydrogen-bond donors (Lipinski definition) is 2. The third-order valence-electron chi connectivity index (χ3n) is 4.69. The number of aromatic nitrogens is 1. The molecule has 0 aliphatic rings. The van der Waals surface area contributed by atoms with Crippen LogP contribution in [0.1, 0.15) is 21.2 Å². The van der Waals surface area contributed by atoms with Gasteiger partial charge in [-0.05, 0) is 35.9 Å². The summed E-state index contributed by atoms with van der Waals surface area (Å²) in [5, 5.41) is 18.2. The van der Waals surface area contributed by atoms with Gasteiger partial charge in [0.25, 0.3) is 11.6 Å². The minimum Gasteiger partial charge on any atom is -0.322 e. The van der Waals surface area contributed by atoms with Crippen LogP contribution < -0.4 is 10.6 Å². The minimum absolute atomic E-state index is 0.0853. The van der Waals surface area contributed by atoms with Crippen LogP contribution in [0.15, 0.2) is 95.3 Å². The number of thiazole rings is 1. The van der Waals surface area contributed by atoms with E-state index in [1.807, 2.05) is 36.4 Å². The zero-order valence-corrected chi connectivity index (χ0v) is 19.2. The van der Waals surface area contributed by atoms with Crippen molar-refractivity contribution < 1.29 is 14.5 Å². The van der Waals surface area contributed by atoms with Gasteiger partial charge in [-0.3, -0.25) is 19.7 Å². The summed E-state index contributed by atoms with van der Waals surface area (Å²) in [6.45, 7) is 0. The second-order valence-corrected chi connectivity index (χ2v) is 9.09. The highest BCUT2D eigenvalue weighted by Gasteiger charge is 2.23. The van der Waals surface area contributed by atoms with Crippen molar-refractivity contribution in [2.75, 3.05) is 10.6 Å². The molecule has 1 unspecified atom stereocenters. The Labute approximate surface area is 203 Å². The molecule has 0 saturated heterocycles. The number of carbonyl (C=O) groups excluding carboxylic acids is 2. The molecule has 1 atom stereocenters. The van der Waals surface area contributed by atoms with Crippen LogP contribution in [0.3, 0.4) is 0 Å². The number of nitro benzene ring substituents is 1. The second-order valence-electron chi connectivity index (χ2n) is 7.02. The molecule has 0 bridgehead atoms. The molecule has 2 N–H and O–H groups in total. The molecule has 0 fully saturated rings. The van der Waals surface area contributed by atoms with Crippen LogP contribution in [0.5, 0.6) is 0 Å². The first kappa shape index (κ1) is 23.1. The lowest BCUT2D eigenvalue weighted by atomic mass is 10.1. The Morgan fingerprint density at radius 2 is 1.74 bits per heavy atom. The van der Waals surface area contributed by atoms with Crippen LogP contribution in [0, 0.1) is 10.1 Å². The van der Waals surface area contributed by atoms with Crippen LogP contribution in [0.4, 0.5) is 16.5 Å². The SMILES string of the molecule is O=C(Nc1cccc(SC(C(=O)Nc2nccs2)c2ccccc2)c1)c1ccc([N+](=O)[O-])cc1. The Morgan fingerprint density at radius 1 is 0.971 bits per heavy atom. The monoisotopic (exact) mass is 490 g/mol. The summed E-state index contributed by atoms with van der Waals surface area (Å²) in [4.78, 5) is 40.8. The van der Waals surface area contributed by atoms with Crippen LogP contribution in [-0.2, 0) is 4.79 Å². The maximum absolute atomic E-state index is 13.1. The first-order valence-corrected chi connectivity index (χ1v) is 11.8. The Kier molecular flexibility index (Phi) is 7.31. The molecule has 10 heteroatoms. The summed E-state index contributed by atoms with van der Waals surface area (Å²) >= 11 is 2.70. The van der Waals surface area contributed by atoms with Crippen molar-refractivity contribution in [3.8, 4) is 0 Å². The normalized spacial score (nSPS) is 11.4. The van der Waals surface area contributed by atoms with Gasteiger partial charge in [-0.15, -0.1) is 23.1 Å². The van der Waals surface area contributed by atoms with Crippen molar-refractivity contribution in [1.82, 2.24) is 4.98 Å². The van der Waals surface area contributed by atoms with Gasteiger partial charge in [0.15, 0.2) is 5.13 Å². The van der Waals surface area contributed by atoms with Gasteiger partial charge < -0.3 is 10.6 Å². The van der Waals surface area contributed by atoms with E-state index in [1.165, 1.54) is 47.4 Å². The summed E-state index contributed by atoms with van der Waals surface area (Å²) in [5.41, 5.74) is 1.59. The van der Waals surface area contributed by atoms with E-state index >= 15 is 0 Å². The molecule has 1 aromatic heterocycles. The van der Waals surface area contributed by atoms with Gasteiger partial charge in [0.2, 0.25) is 5.91 Å². The van der Waals surface area contributed by atoms with E-state index < -0.39 is 16.1 Å². The van der Waals surface area contributed by atoms with Crippen molar-refractivity contribution in [3.63, 3.8) is 0 Å². The fourth-order valence-corrected chi connectivity index (χ4v) is 4.69. The number of rotatable bonds is 8. The molecule has 4 aromatic rings. The van der Waals surface area contributed by atoms with Crippen molar-refractivity contribution in [2.24, 2.45) is 0 Å². The molecule has 1 heterocycles. The topological polar surface area (TPSA) is 114 Å². The average molecular weight is 491 g/mol. The Hall–Kier alpha value is -4.02. The highest BCUT2D eigenvalue weighted by atomic mass is 32.2. The maximum atomic E-state index is 13.1. The third kappa shape index (κ3) is 5.85. The van der Waals surface area contributed by atoms with Crippen LogP contribution in [0.25, 0.3) is 0 Å². The highest BCUT2D eigenvalue weighted by Crippen LogP contribution is 2.37. The number of nitro groups is 1. The first-order chi connectivity index (χ1) is 16.5. The fraction of sp³-hybridized carbons (Fsp3) is 0.0417. The van der Waals surface area contributed by atoms with E-state index in [-0.39, 0.29) is 11.6 Å². The zero-order chi connectivity index (χ0) is 23.9. The van der Waals surface area contributed by atoms with Gasteiger partial charge in [-0.25, -0.2) is 4.98 Å². The van der Waals surface area contributed by atoms with Crippen LogP contribution >= 0.6 is 23.1 Å². The molecule has 4 rings (SSSR count).